The summed E-state index contributed by atoms with van der Waals surface area (Å²) < 4.78 is 49.4. The molecule has 1 aromatic heterocycles. The second-order valence-electron chi connectivity index (χ2n) is 6.45. The van der Waals surface area contributed by atoms with Crippen LogP contribution in [0.5, 0.6) is 0 Å². The summed E-state index contributed by atoms with van der Waals surface area (Å²) in [6.07, 6.45) is 0.338. The number of carbonyl (C=O) groups is 1. The van der Waals surface area contributed by atoms with Crippen LogP contribution in [0.2, 0.25) is 0 Å². The Kier molecular flexibility index (Phi) is 7.52. The number of carbonyl (C=O) groups excluding carboxylic acids is 1. The van der Waals surface area contributed by atoms with Gasteiger partial charge in [0.05, 0.1) is 31.7 Å². The normalized spacial score (nSPS) is 12.2. The topological polar surface area (TPSA) is 48.4 Å². The molecule has 0 unspecified atom stereocenters. The van der Waals surface area contributed by atoms with E-state index in [4.69, 9.17) is 9.47 Å². The average molecular weight is 524 g/mol. The van der Waals surface area contributed by atoms with E-state index in [1.54, 1.807) is 35.7 Å². The van der Waals surface area contributed by atoms with Crippen LogP contribution >= 0.6 is 27.3 Å². The maximum absolute atomic E-state index is 13.2. The molecule has 0 saturated heterocycles. The molecule has 9 heteroatoms. The first kappa shape index (κ1) is 23.7. The summed E-state index contributed by atoms with van der Waals surface area (Å²) in [6.45, 7) is 0. The van der Waals surface area contributed by atoms with Crippen LogP contribution in [0.15, 0.2) is 58.6 Å². The van der Waals surface area contributed by atoms with Gasteiger partial charge in [0, 0.05) is 15.4 Å². The number of halogens is 4. The molecule has 0 aliphatic rings. The number of hydrogen-bond donors (Lipinski definition) is 0. The second-order valence-corrected chi connectivity index (χ2v) is 8.16. The number of esters is 1. The summed E-state index contributed by atoms with van der Waals surface area (Å²) in [4.78, 5) is 16.6. The third-order valence-electron chi connectivity index (χ3n) is 4.37. The van der Waals surface area contributed by atoms with Crippen molar-refractivity contribution in [1.82, 2.24) is 4.98 Å². The van der Waals surface area contributed by atoms with Crippen LogP contribution in [0, 0.1) is 0 Å². The zero-order valence-corrected chi connectivity index (χ0v) is 19.3. The Balaban J connectivity index is 1.91. The predicted molar refractivity (Wildman–Crippen MR) is 123 cm³/mol. The van der Waals surface area contributed by atoms with Gasteiger partial charge in [-0.2, -0.15) is 13.2 Å². The number of methoxy groups -OCH3 is 2. The fraction of sp³-hybridized carbons (Fsp3) is 0.130. The third kappa shape index (κ3) is 5.46. The molecule has 0 atom stereocenters. The molecule has 0 saturated carbocycles. The highest BCUT2D eigenvalue weighted by atomic mass is 79.9. The van der Waals surface area contributed by atoms with E-state index >= 15 is 0 Å². The first-order valence-electron chi connectivity index (χ1n) is 9.16. The lowest BCUT2D eigenvalue weighted by Crippen LogP contribution is -2.06. The second kappa shape index (κ2) is 10.1. The maximum Gasteiger partial charge on any atom is 0.417 e. The fourth-order valence-corrected chi connectivity index (χ4v) is 4.14. The van der Waals surface area contributed by atoms with E-state index in [1.165, 1.54) is 37.9 Å². The molecule has 0 aliphatic carbocycles. The van der Waals surface area contributed by atoms with Crippen molar-refractivity contribution in [3.8, 4) is 10.6 Å². The average Bonchev–Trinajstić information content (AvgIpc) is 3.24. The minimum absolute atomic E-state index is 0.0208. The Bertz CT molecular complexity index is 1190. The summed E-state index contributed by atoms with van der Waals surface area (Å²) in [7, 11) is 2.72. The van der Waals surface area contributed by atoms with Gasteiger partial charge in [0.15, 0.2) is 0 Å². The standard InChI is InChI=1S/C23H17BrF3NO3S/c1-30-12-18(22(29)31-2)17-6-4-3-5-14(17)7-9-16-13-32-21(28-16)15-8-10-20(24)19(11-15)23(25,26)27/h3-13H,1-2H3/b9-7+,18-12+. The lowest BCUT2D eigenvalue weighted by molar-refractivity contribution is -0.138. The van der Waals surface area contributed by atoms with E-state index in [0.717, 1.165) is 11.6 Å². The number of nitrogens with zero attached hydrogens (tertiary/aromatic N) is 1. The Hall–Kier alpha value is -2.91. The van der Waals surface area contributed by atoms with Crippen LogP contribution in [0.25, 0.3) is 28.3 Å². The highest BCUT2D eigenvalue weighted by molar-refractivity contribution is 9.10. The molecular formula is C23H17BrF3NO3S. The number of ether oxygens (including phenoxy) is 2. The molecule has 0 aliphatic heterocycles. The molecule has 3 aromatic rings. The number of benzene rings is 2. The van der Waals surface area contributed by atoms with Crippen LogP contribution in [0.1, 0.15) is 22.4 Å². The van der Waals surface area contributed by atoms with Gasteiger partial charge in [-0.3, -0.25) is 0 Å². The predicted octanol–water partition coefficient (Wildman–Crippen LogP) is 6.92. The third-order valence-corrected chi connectivity index (χ3v) is 5.97. The molecule has 1 heterocycles. The monoisotopic (exact) mass is 523 g/mol. The molecule has 0 spiro atoms. The van der Waals surface area contributed by atoms with E-state index in [2.05, 4.69) is 20.9 Å². The van der Waals surface area contributed by atoms with Gasteiger partial charge in [-0.1, -0.05) is 52.3 Å². The van der Waals surface area contributed by atoms with Crippen molar-refractivity contribution in [3.63, 3.8) is 0 Å². The van der Waals surface area contributed by atoms with Gasteiger partial charge in [0.2, 0.25) is 0 Å². The van der Waals surface area contributed by atoms with Gasteiger partial charge in [0.25, 0.3) is 0 Å². The minimum Gasteiger partial charge on any atom is -0.503 e. The highest BCUT2D eigenvalue weighted by Crippen LogP contribution is 2.38. The largest absolute Gasteiger partial charge is 0.503 e. The van der Waals surface area contributed by atoms with E-state index < -0.39 is 17.7 Å². The molecule has 0 radical (unpaired) electrons. The summed E-state index contributed by atoms with van der Waals surface area (Å²) >= 11 is 4.18. The lowest BCUT2D eigenvalue weighted by Gasteiger charge is -2.10. The van der Waals surface area contributed by atoms with E-state index in [9.17, 15) is 18.0 Å². The summed E-state index contributed by atoms with van der Waals surface area (Å²) in [5.74, 6) is -0.542. The molecule has 0 N–H and O–H groups in total. The van der Waals surface area contributed by atoms with Crippen molar-refractivity contribution in [2.24, 2.45) is 0 Å². The minimum atomic E-state index is -4.47. The van der Waals surface area contributed by atoms with Crippen LogP contribution in [0.4, 0.5) is 13.2 Å². The smallest absolute Gasteiger partial charge is 0.417 e. The lowest BCUT2D eigenvalue weighted by atomic mass is 10.00. The number of thiazole rings is 1. The fourth-order valence-electron chi connectivity index (χ4n) is 2.88. The molecule has 3 rings (SSSR count). The summed E-state index contributed by atoms with van der Waals surface area (Å²) in [6, 6.07) is 11.2. The maximum atomic E-state index is 13.2. The molecule has 0 fully saturated rings. The quantitative estimate of drug-likeness (QED) is 0.200. The van der Waals surface area contributed by atoms with Crippen molar-refractivity contribution in [2.45, 2.75) is 6.18 Å². The number of alkyl halides is 3. The molecule has 0 amide bonds. The Morgan fingerprint density at radius 3 is 2.56 bits per heavy atom. The molecule has 32 heavy (non-hydrogen) atoms. The highest BCUT2D eigenvalue weighted by Gasteiger charge is 2.33. The van der Waals surface area contributed by atoms with Crippen LogP contribution in [-0.2, 0) is 20.4 Å². The molecular weight excluding hydrogens is 507 g/mol. The molecule has 166 valence electrons. The van der Waals surface area contributed by atoms with Gasteiger partial charge in [0.1, 0.15) is 10.6 Å². The number of aromatic nitrogens is 1. The van der Waals surface area contributed by atoms with Crippen molar-refractivity contribution in [2.75, 3.05) is 14.2 Å². The van der Waals surface area contributed by atoms with Crippen molar-refractivity contribution >= 4 is 51.0 Å². The van der Waals surface area contributed by atoms with E-state index in [0.29, 0.717) is 21.8 Å². The van der Waals surface area contributed by atoms with E-state index in [-0.39, 0.29) is 10.0 Å². The van der Waals surface area contributed by atoms with Gasteiger partial charge in [-0.05, 0) is 29.3 Å². The van der Waals surface area contributed by atoms with Crippen molar-refractivity contribution in [3.05, 3.63) is 81.0 Å². The number of hydrogen-bond acceptors (Lipinski definition) is 5. The first-order valence-corrected chi connectivity index (χ1v) is 10.8. The zero-order valence-electron chi connectivity index (χ0n) is 16.9. The van der Waals surface area contributed by atoms with Crippen molar-refractivity contribution in [1.29, 1.82) is 0 Å². The Morgan fingerprint density at radius 2 is 1.88 bits per heavy atom. The van der Waals surface area contributed by atoms with Gasteiger partial charge < -0.3 is 9.47 Å². The summed E-state index contributed by atoms with van der Waals surface area (Å²) in [5, 5.41) is 2.21. The van der Waals surface area contributed by atoms with Gasteiger partial charge in [-0.25, -0.2) is 9.78 Å². The molecule has 2 aromatic carbocycles. The van der Waals surface area contributed by atoms with Crippen LogP contribution in [-0.4, -0.2) is 25.2 Å². The van der Waals surface area contributed by atoms with Crippen LogP contribution < -0.4 is 0 Å². The van der Waals surface area contributed by atoms with Crippen molar-refractivity contribution < 1.29 is 27.4 Å². The van der Waals surface area contributed by atoms with Gasteiger partial charge >= 0.3 is 12.1 Å². The zero-order chi connectivity index (χ0) is 23.3. The molecule has 4 nitrogen and oxygen atoms in total. The Morgan fingerprint density at radius 1 is 1.12 bits per heavy atom. The first-order chi connectivity index (χ1) is 15.2. The van der Waals surface area contributed by atoms with Gasteiger partial charge in [-0.15, -0.1) is 11.3 Å². The van der Waals surface area contributed by atoms with Crippen LogP contribution in [0.3, 0.4) is 0 Å². The number of rotatable bonds is 6. The summed E-state index contributed by atoms with van der Waals surface area (Å²) in [5.41, 5.74) is 1.78. The molecule has 0 bridgehead atoms. The van der Waals surface area contributed by atoms with E-state index in [1.807, 2.05) is 12.1 Å². The SMILES string of the molecule is CO/C=C(/C(=O)OC)c1ccccc1/C=C/c1csc(-c2ccc(Br)c(C(F)(F)F)c2)n1. The Labute approximate surface area is 195 Å².